The van der Waals surface area contributed by atoms with Crippen molar-refractivity contribution in [2.45, 2.75) is 26.2 Å². The van der Waals surface area contributed by atoms with Crippen molar-refractivity contribution in [1.29, 1.82) is 0 Å². The molecule has 1 amide bonds. The van der Waals surface area contributed by atoms with Crippen LogP contribution in [0.15, 0.2) is 28.7 Å². The van der Waals surface area contributed by atoms with Gasteiger partial charge in [0.05, 0.1) is 11.9 Å². The van der Waals surface area contributed by atoms with Crippen LogP contribution in [0.25, 0.3) is 0 Å². The number of unbranched alkanes of at least 4 members (excludes halogenated alkanes) is 1. The number of nitrogens with one attached hydrogen (secondary N) is 1. The van der Waals surface area contributed by atoms with Gasteiger partial charge in [-0.1, -0.05) is 29.3 Å². The van der Waals surface area contributed by atoms with Crippen LogP contribution in [0.4, 0.5) is 5.69 Å². The molecule has 1 aromatic rings. The maximum absolute atomic E-state index is 11.9. The first-order valence-electron chi connectivity index (χ1n) is 6.84. The summed E-state index contributed by atoms with van der Waals surface area (Å²) in [6.07, 6.45) is 3.22. The highest BCUT2D eigenvalue weighted by Gasteiger charge is 2.18. The Morgan fingerprint density at radius 2 is 1.90 bits per heavy atom. The maximum atomic E-state index is 11.9. The standard InChI is InChI=1S/C14H21BrN2O3S/c1-3-4-10-16-14(18)9-11-17(21(2,19)20)13-7-5-12(15)6-8-13/h5-8H,3-4,9-11H2,1-2H3,(H,16,18). The first-order valence-corrected chi connectivity index (χ1v) is 9.48. The molecule has 0 bridgehead atoms. The second kappa shape index (κ2) is 8.38. The van der Waals surface area contributed by atoms with Crippen LogP contribution in [0, 0.1) is 0 Å². The summed E-state index contributed by atoms with van der Waals surface area (Å²) in [5.74, 6) is -0.130. The van der Waals surface area contributed by atoms with Gasteiger partial charge >= 0.3 is 0 Å². The molecule has 0 spiro atoms. The highest BCUT2D eigenvalue weighted by molar-refractivity contribution is 9.10. The predicted octanol–water partition coefficient (Wildman–Crippen LogP) is 2.52. The zero-order valence-corrected chi connectivity index (χ0v) is 14.7. The zero-order valence-electron chi connectivity index (χ0n) is 12.3. The highest BCUT2D eigenvalue weighted by Crippen LogP contribution is 2.20. The number of hydrogen-bond acceptors (Lipinski definition) is 3. The summed E-state index contributed by atoms with van der Waals surface area (Å²) in [6, 6.07) is 6.96. The third-order valence-electron chi connectivity index (χ3n) is 2.91. The molecule has 7 heteroatoms. The predicted molar refractivity (Wildman–Crippen MR) is 88.9 cm³/mol. The van der Waals surface area contributed by atoms with Crippen molar-refractivity contribution in [3.8, 4) is 0 Å². The van der Waals surface area contributed by atoms with Gasteiger partial charge in [0.15, 0.2) is 0 Å². The van der Waals surface area contributed by atoms with Crippen molar-refractivity contribution < 1.29 is 13.2 Å². The lowest BCUT2D eigenvalue weighted by atomic mass is 10.3. The van der Waals surface area contributed by atoms with E-state index in [1.165, 1.54) is 4.31 Å². The summed E-state index contributed by atoms with van der Waals surface area (Å²) in [5.41, 5.74) is 0.557. The molecule has 0 radical (unpaired) electrons. The van der Waals surface area contributed by atoms with E-state index in [-0.39, 0.29) is 18.9 Å². The van der Waals surface area contributed by atoms with Gasteiger partial charge in [0.2, 0.25) is 15.9 Å². The third-order valence-corrected chi connectivity index (χ3v) is 4.63. The molecule has 0 fully saturated rings. The number of carbonyl (C=O) groups excluding carboxylic acids is 1. The summed E-state index contributed by atoms with van der Waals surface area (Å²) in [5, 5.41) is 2.78. The van der Waals surface area contributed by atoms with Gasteiger partial charge in [0.25, 0.3) is 0 Å². The number of sulfonamides is 1. The van der Waals surface area contributed by atoms with Crippen molar-refractivity contribution in [3.05, 3.63) is 28.7 Å². The van der Waals surface area contributed by atoms with Gasteiger partial charge in [-0.2, -0.15) is 0 Å². The normalized spacial score (nSPS) is 11.2. The van der Waals surface area contributed by atoms with Crippen LogP contribution >= 0.6 is 15.9 Å². The quantitative estimate of drug-likeness (QED) is 0.708. The third kappa shape index (κ3) is 6.48. The lowest BCUT2D eigenvalue weighted by Crippen LogP contribution is -2.34. The summed E-state index contributed by atoms with van der Waals surface area (Å²) < 4.78 is 25.9. The fourth-order valence-corrected chi connectivity index (χ4v) is 2.98. The van der Waals surface area contributed by atoms with E-state index < -0.39 is 10.0 Å². The minimum absolute atomic E-state index is 0.130. The molecule has 0 aromatic heterocycles. The molecule has 1 N–H and O–H groups in total. The lowest BCUT2D eigenvalue weighted by Gasteiger charge is -2.22. The van der Waals surface area contributed by atoms with E-state index in [9.17, 15) is 13.2 Å². The molecule has 21 heavy (non-hydrogen) atoms. The Balaban J connectivity index is 2.68. The van der Waals surface area contributed by atoms with Crippen LogP contribution in [0.2, 0.25) is 0 Å². The number of amides is 1. The smallest absolute Gasteiger partial charge is 0.232 e. The Labute approximate surface area is 134 Å². The maximum Gasteiger partial charge on any atom is 0.232 e. The Hall–Kier alpha value is -1.08. The minimum Gasteiger partial charge on any atom is -0.356 e. The van der Waals surface area contributed by atoms with E-state index in [0.29, 0.717) is 12.2 Å². The number of rotatable bonds is 8. The van der Waals surface area contributed by atoms with E-state index in [1.807, 2.05) is 6.92 Å². The van der Waals surface area contributed by atoms with Crippen LogP contribution in [-0.4, -0.2) is 33.7 Å². The van der Waals surface area contributed by atoms with Gasteiger partial charge < -0.3 is 5.32 Å². The number of nitrogens with zero attached hydrogens (tertiary/aromatic N) is 1. The summed E-state index contributed by atoms with van der Waals surface area (Å²) >= 11 is 3.31. The average molecular weight is 377 g/mol. The van der Waals surface area contributed by atoms with E-state index in [4.69, 9.17) is 0 Å². The molecular formula is C14H21BrN2O3S. The SMILES string of the molecule is CCCCNC(=O)CCN(c1ccc(Br)cc1)S(C)(=O)=O. The van der Waals surface area contributed by atoms with E-state index in [1.54, 1.807) is 24.3 Å². The van der Waals surface area contributed by atoms with Crippen LogP contribution in [0.1, 0.15) is 26.2 Å². The molecule has 0 unspecified atom stereocenters. The number of benzene rings is 1. The van der Waals surface area contributed by atoms with Crippen LogP contribution in [0.5, 0.6) is 0 Å². The number of carbonyl (C=O) groups is 1. The van der Waals surface area contributed by atoms with E-state index in [0.717, 1.165) is 23.6 Å². The molecule has 0 saturated carbocycles. The van der Waals surface area contributed by atoms with Crippen LogP contribution in [-0.2, 0) is 14.8 Å². The van der Waals surface area contributed by atoms with Crippen molar-refractivity contribution >= 4 is 37.5 Å². The van der Waals surface area contributed by atoms with E-state index in [2.05, 4.69) is 21.2 Å². The number of hydrogen-bond donors (Lipinski definition) is 1. The van der Waals surface area contributed by atoms with Gasteiger partial charge in [0, 0.05) is 24.0 Å². The van der Waals surface area contributed by atoms with Gasteiger partial charge in [-0.3, -0.25) is 9.10 Å². The topological polar surface area (TPSA) is 66.5 Å². The summed E-state index contributed by atoms with van der Waals surface area (Å²) in [6.45, 7) is 2.82. The zero-order chi connectivity index (χ0) is 15.9. The molecule has 0 heterocycles. The summed E-state index contributed by atoms with van der Waals surface area (Å²) in [7, 11) is -3.41. The first-order chi connectivity index (χ1) is 9.84. The van der Waals surface area contributed by atoms with Gasteiger partial charge in [-0.15, -0.1) is 0 Å². The highest BCUT2D eigenvalue weighted by atomic mass is 79.9. The first kappa shape index (κ1) is 18.0. The van der Waals surface area contributed by atoms with E-state index >= 15 is 0 Å². The van der Waals surface area contributed by atoms with Gasteiger partial charge in [0.1, 0.15) is 0 Å². The number of anilines is 1. The molecular weight excluding hydrogens is 356 g/mol. The average Bonchev–Trinajstić information content (AvgIpc) is 2.40. The Morgan fingerprint density at radius 1 is 1.29 bits per heavy atom. The largest absolute Gasteiger partial charge is 0.356 e. The molecule has 0 atom stereocenters. The Bertz CT molecular complexity index is 558. The van der Waals surface area contributed by atoms with Crippen molar-refractivity contribution in [1.82, 2.24) is 5.32 Å². The Morgan fingerprint density at radius 3 is 2.43 bits per heavy atom. The molecule has 1 rings (SSSR count). The molecule has 0 saturated heterocycles. The number of halogens is 1. The minimum atomic E-state index is -3.41. The van der Waals surface area contributed by atoms with Gasteiger partial charge in [-0.05, 0) is 30.7 Å². The molecule has 0 aliphatic rings. The second-order valence-corrected chi connectivity index (χ2v) is 7.59. The molecule has 1 aromatic carbocycles. The lowest BCUT2D eigenvalue weighted by molar-refractivity contribution is -0.120. The molecule has 0 aliphatic carbocycles. The van der Waals surface area contributed by atoms with Crippen LogP contribution in [0.3, 0.4) is 0 Å². The molecule has 0 aliphatic heterocycles. The molecule has 5 nitrogen and oxygen atoms in total. The van der Waals surface area contributed by atoms with Gasteiger partial charge in [-0.25, -0.2) is 8.42 Å². The second-order valence-electron chi connectivity index (χ2n) is 4.77. The monoisotopic (exact) mass is 376 g/mol. The summed E-state index contributed by atoms with van der Waals surface area (Å²) in [4.78, 5) is 11.7. The Kier molecular flexibility index (Phi) is 7.17. The van der Waals surface area contributed by atoms with Crippen molar-refractivity contribution in [3.63, 3.8) is 0 Å². The van der Waals surface area contributed by atoms with Crippen molar-refractivity contribution in [2.75, 3.05) is 23.7 Å². The molecule has 118 valence electrons. The van der Waals surface area contributed by atoms with Crippen molar-refractivity contribution in [2.24, 2.45) is 0 Å². The van der Waals surface area contributed by atoms with Crippen LogP contribution < -0.4 is 9.62 Å². The fraction of sp³-hybridized carbons (Fsp3) is 0.500. The fourth-order valence-electron chi connectivity index (χ4n) is 1.79.